The van der Waals surface area contributed by atoms with Crippen LogP contribution in [0.4, 0.5) is 5.13 Å². The molecular weight excluding hydrogens is 250 g/mol. The maximum atomic E-state index is 11.8. The second kappa shape index (κ2) is 6.70. The predicted molar refractivity (Wildman–Crippen MR) is 74.1 cm³/mol. The van der Waals surface area contributed by atoms with E-state index in [0.29, 0.717) is 18.5 Å². The van der Waals surface area contributed by atoms with Gasteiger partial charge in [0.1, 0.15) is 5.69 Å². The van der Waals surface area contributed by atoms with Crippen LogP contribution < -0.4 is 10.6 Å². The topological polar surface area (TPSA) is 74.2 Å². The van der Waals surface area contributed by atoms with Crippen molar-refractivity contribution in [3.63, 3.8) is 0 Å². The highest BCUT2D eigenvalue weighted by atomic mass is 32.1. The molecule has 0 saturated heterocycles. The molecule has 0 fully saturated rings. The lowest BCUT2D eigenvalue weighted by atomic mass is 9.97. The summed E-state index contributed by atoms with van der Waals surface area (Å²) < 4.78 is 0. The van der Waals surface area contributed by atoms with E-state index in [9.17, 15) is 9.90 Å². The van der Waals surface area contributed by atoms with E-state index >= 15 is 0 Å². The van der Waals surface area contributed by atoms with Gasteiger partial charge in [0.15, 0.2) is 5.13 Å². The van der Waals surface area contributed by atoms with Gasteiger partial charge < -0.3 is 15.7 Å². The van der Waals surface area contributed by atoms with Crippen LogP contribution in [0.25, 0.3) is 0 Å². The van der Waals surface area contributed by atoms with E-state index in [2.05, 4.69) is 15.6 Å². The van der Waals surface area contributed by atoms with Crippen molar-refractivity contribution in [1.29, 1.82) is 0 Å². The average Bonchev–Trinajstić information content (AvgIpc) is 2.85. The molecule has 0 bridgehead atoms. The van der Waals surface area contributed by atoms with Crippen LogP contribution in [0, 0.1) is 0 Å². The quantitative estimate of drug-likeness (QED) is 0.707. The Labute approximate surface area is 112 Å². The third-order valence-corrected chi connectivity index (χ3v) is 3.76. The molecule has 0 atom stereocenters. The van der Waals surface area contributed by atoms with Crippen LogP contribution in [-0.4, -0.2) is 34.7 Å². The highest BCUT2D eigenvalue weighted by Crippen LogP contribution is 2.16. The maximum absolute atomic E-state index is 11.8. The van der Waals surface area contributed by atoms with E-state index in [1.54, 1.807) is 5.38 Å². The summed E-state index contributed by atoms with van der Waals surface area (Å²) in [6, 6.07) is 0. The van der Waals surface area contributed by atoms with Gasteiger partial charge in [0.2, 0.25) is 0 Å². The molecule has 3 N–H and O–H groups in total. The molecule has 1 heterocycles. The van der Waals surface area contributed by atoms with Gasteiger partial charge in [0.25, 0.3) is 5.91 Å². The molecule has 0 radical (unpaired) electrons. The number of nitrogens with zero attached hydrogens (tertiary/aromatic N) is 1. The summed E-state index contributed by atoms with van der Waals surface area (Å²) in [5.74, 6) is -0.240. The number of thiazole rings is 1. The van der Waals surface area contributed by atoms with Gasteiger partial charge in [-0.2, -0.15) is 0 Å². The van der Waals surface area contributed by atoms with Crippen molar-refractivity contribution < 1.29 is 9.90 Å². The Balaban J connectivity index is 2.54. The number of aliphatic hydroxyl groups is 1. The molecule has 0 aliphatic carbocycles. The predicted octanol–water partition coefficient (Wildman–Crippen LogP) is 1.86. The van der Waals surface area contributed by atoms with Crippen molar-refractivity contribution in [3.05, 3.63) is 11.1 Å². The zero-order valence-corrected chi connectivity index (χ0v) is 11.9. The normalized spacial score (nSPS) is 11.3. The number of hydrogen-bond acceptors (Lipinski definition) is 5. The number of nitrogens with one attached hydrogen (secondary N) is 2. The Morgan fingerprint density at radius 3 is 2.67 bits per heavy atom. The molecule has 0 aliphatic rings. The monoisotopic (exact) mass is 271 g/mol. The minimum Gasteiger partial charge on any atom is -0.388 e. The van der Waals surface area contributed by atoms with Crippen molar-refractivity contribution in [2.24, 2.45) is 0 Å². The van der Waals surface area contributed by atoms with Gasteiger partial charge in [-0.15, -0.1) is 11.3 Å². The zero-order valence-electron chi connectivity index (χ0n) is 11.1. The fourth-order valence-corrected chi connectivity index (χ4v) is 2.21. The molecule has 0 unspecified atom stereocenters. The van der Waals surface area contributed by atoms with Gasteiger partial charge in [-0.25, -0.2) is 4.98 Å². The molecule has 1 aromatic rings. The summed E-state index contributed by atoms with van der Waals surface area (Å²) >= 11 is 1.40. The van der Waals surface area contributed by atoms with E-state index in [4.69, 9.17) is 0 Å². The Morgan fingerprint density at radius 2 is 2.11 bits per heavy atom. The average molecular weight is 271 g/mol. The molecule has 1 rings (SSSR count). The van der Waals surface area contributed by atoms with Crippen LogP contribution in [0.15, 0.2) is 5.38 Å². The first kappa shape index (κ1) is 14.9. The molecule has 102 valence electrons. The highest BCUT2D eigenvalue weighted by molar-refractivity contribution is 7.13. The fourth-order valence-electron chi connectivity index (χ4n) is 1.45. The number of carbonyl (C=O) groups excluding carboxylic acids is 1. The molecule has 1 aromatic heterocycles. The van der Waals surface area contributed by atoms with Crippen molar-refractivity contribution in [2.75, 3.05) is 18.4 Å². The number of amides is 1. The standard InChI is InChI=1S/C12H21N3O2S/c1-4-12(17,5-2)8-14-10(16)9-7-18-11(15-9)13-6-3/h7,17H,4-6,8H2,1-3H3,(H,13,15)(H,14,16). The minimum absolute atomic E-state index is 0.240. The van der Waals surface area contributed by atoms with Gasteiger partial charge in [-0.3, -0.25) is 4.79 Å². The van der Waals surface area contributed by atoms with Crippen molar-refractivity contribution in [1.82, 2.24) is 10.3 Å². The van der Waals surface area contributed by atoms with Gasteiger partial charge in [-0.1, -0.05) is 13.8 Å². The van der Waals surface area contributed by atoms with Crippen LogP contribution in [0.1, 0.15) is 44.1 Å². The second-order valence-corrected chi connectivity index (χ2v) is 5.04. The summed E-state index contributed by atoms with van der Waals surface area (Å²) in [7, 11) is 0. The molecule has 0 aliphatic heterocycles. The van der Waals surface area contributed by atoms with Gasteiger partial charge in [0, 0.05) is 18.5 Å². The zero-order chi connectivity index (χ0) is 13.6. The number of aromatic nitrogens is 1. The second-order valence-electron chi connectivity index (χ2n) is 4.18. The Morgan fingerprint density at radius 1 is 1.44 bits per heavy atom. The number of hydrogen-bond donors (Lipinski definition) is 3. The number of anilines is 1. The maximum Gasteiger partial charge on any atom is 0.270 e. The Bertz CT molecular complexity index is 388. The van der Waals surface area contributed by atoms with Gasteiger partial charge >= 0.3 is 0 Å². The Kier molecular flexibility index (Phi) is 5.55. The Hall–Kier alpha value is -1.14. The van der Waals surface area contributed by atoms with E-state index in [1.807, 2.05) is 20.8 Å². The van der Waals surface area contributed by atoms with Crippen LogP contribution >= 0.6 is 11.3 Å². The van der Waals surface area contributed by atoms with Crippen LogP contribution in [0.3, 0.4) is 0 Å². The lowest BCUT2D eigenvalue weighted by molar-refractivity contribution is 0.0313. The molecule has 0 spiro atoms. The summed E-state index contributed by atoms with van der Waals surface area (Å²) in [6.07, 6.45) is 1.23. The van der Waals surface area contributed by atoms with Crippen LogP contribution in [0.5, 0.6) is 0 Å². The summed E-state index contributed by atoms with van der Waals surface area (Å²) in [5.41, 5.74) is -0.429. The summed E-state index contributed by atoms with van der Waals surface area (Å²) in [6.45, 7) is 6.82. The number of carbonyl (C=O) groups is 1. The fraction of sp³-hybridized carbons (Fsp3) is 0.667. The first-order valence-corrected chi connectivity index (χ1v) is 7.12. The molecule has 0 saturated carbocycles. The van der Waals surface area contributed by atoms with Gasteiger partial charge in [0.05, 0.1) is 5.60 Å². The third kappa shape index (κ3) is 3.96. The lowest BCUT2D eigenvalue weighted by Crippen LogP contribution is -2.42. The van der Waals surface area contributed by atoms with Crippen molar-refractivity contribution in [2.45, 2.75) is 39.2 Å². The number of rotatable bonds is 7. The first-order valence-electron chi connectivity index (χ1n) is 6.24. The van der Waals surface area contributed by atoms with E-state index < -0.39 is 5.60 Å². The minimum atomic E-state index is -0.823. The summed E-state index contributed by atoms with van der Waals surface area (Å²) in [5, 5.41) is 18.3. The molecular formula is C12H21N3O2S. The summed E-state index contributed by atoms with van der Waals surface area (Å²) in [4.78, 5) is 16.0. The molecule has 1 amide bonds. The molecule has 5 nitrogen and oxygen atoms in total. The SMILES string of the molecule is CCNc1nc(C(=O)NCC(O)(CC)CC)cs1. The van der Waals surface area contributed by atoms with Gasteiger partial charge in [-0.05, 0) is 19.8 Å². The van der Waals surface area contributed by atoms with Crippen molar-refractivity contribution >= 4 is 22.4 Å². The van der Waals surface area contributed by atoms with E-state index in [1.165, 1.54) is 11.3 Å². The van der Waals surface area contributed by atoms with Crippen molar-refractivity contribution in [3.8, 4) is 0 Å². The molecule has 0 aromatic carbocycles. The molecule has 6 heteroatoms. The lowest BCUT2D eigenvalue weighted by Gasteiger charge is -2.25. The van der Waals surface area contributed by atoms with E-state index in [0.717, 1.165) is 11.7 Å². The molecule has 18 heavy (non-hydrogen) atoms. The third-order valence-electron chi connectivity index (χ3n) is 2.96. The smallest absolute Gasteiger partial charge is 0.270 e. The first-order chi connectivity index (χ1) is 8.54. The van der Waals surface area contributed by atoms with Crippen LogP contribution in [0.2, 0.25) is 0 Å². The largest absolute Gasteiger partial charge is 0.388 e. The van der Waals surface area contributed by atoms with E-state index in [-0.39, 0.29) is 12.5 Å². The highest BCUT2D eigenvalue weighted by Gasteiger charge is 2.23. The van der Waals surface area contributed by atoms with Crippen LogP contribution in [-0.2, 0) is 0 Å².